The number of ether oxygens (including phenoxy) is 1. The number of hydrogen-bond donors (Lipinski definition) is 1. The van der Waals surface area contributed by atoms with E-state index in [0.29, 0.717) is 12.4 Å². The molecule has 5 heteroatoms. The van der Waals surface area contributed by atoms with Gasteiger partial charge in [0.2, 0.25) is 0 Å². The van der Waals surface area contributed by atoms with Gasteiger partial charge < -0.3 is 14.7 Å². The molecule has 0 spiro atoms. The molecule has 5 nitrogen and oxygen atoms in total. The van der Waals surface area contributed by atoms with Crippen LogP contribution in [0.4, 0.5) is 5.82 Å². The van der Waals surface area contributed by atoms with Gasteiger partial charge in [0.25, 0.3) is 0 Å². The Kier molecular flexibility index (Phi) is 4.04. The number of nitrogens with zero attached hydrogens (tertiary/aromatic N) is 2. The van der Waals surface area contributed by atoms with Gasteiger partial charge in [-0.1, -0.05) is 0 Å². The fourth-order valence-corrected chi connectivity index (χ4v) is 2.54. The summed E-state index contributed by atoms with van der Waals surface area (Å²) in [6.45, 7) is 5.16. The van der Waals surface area contributed by atoms with Gasteiger partial charge in [-0.2, -0.15) is 0 Å². The number of carboxylic acids is 1. The standard InChI is InChI=1S/C14H20N2O3/c1-9-7-10(2)15-13(12(9)14(17)18)16(3)8-11-5-4-6-19-11/h7,11H,4-6,8H2,1-3H3,(H,17,18). The van der Waals surface area contributed by atoms with E-state index >= 15 is 0 Å². The summed E-state index contributed by atoms with van der Waals surface area (Å²) in [5, 5.41) is 9.35. The lowest BCUT2D eigenvalue weighted by molar-refractivity contribution is 0.0695. The molecule has 1 aromatic heterocycles. The second-order valence-electron chi connectivity index (χ2n) is 5.10. The Balaban J connectivity index is 2.28. The van der Waals surface area contributed by atoms with E-state index in [1.54, 1.807) is 6.07 Å². The van der Waals surface area contributed by atoms with Gasteiger partial charge in [-0.25, -0.2) is 9.78 Å². The molecule has 19 heavy (non-hydrogen) atoms. The molecule has 104 valence electrons. The Labute approximate surface area is 113 Å². The van der Waals surface area contributed by atoms with Gasteiger partial charge >= 0.3 is 5.97 Å². The fourth-order valence-electron chi connectivity index (χ4n) is 2.54. The zero-order chi connectivity index (χ0) is 14.0. The molecule has 0 saturated carbocycles. The first kappa shape index (κ1) is 13.8. The average molecular weight is 264 g/mol. The summed E-state index contributed by atoms with van der Waals surface area (Å²) in [6.07, 6.45) is 2.27. The minimum Gasteiger partial charge on any atom is -0.478 e. The van der Waals surface area contributed by atoms with E-state index in [4.69, 9.17) is 4.74 Å². The number of aromatic carboxylic acids is 1. The topological polar surface area (TPSA) is 62.7 Å². The van der Waals surface area contributed by atoms with Gasteiger partial charge in [0.05, 0.1) is 6.10 Å². The summed E-state index contributed by atoms with van der Waals surface area (Å²) in [5.41, 5.74) is 1.86. The van der Waals surface area contributed by atoms with Gasteiger partial charge in [0, 0.05) is 25.9 Å². The van der Waals surface area contributed by atoms with Crippen LogP contribution in [-0.2, 0) is 4.74 Å². The Bertz CT molecular complexity index is 482. The van der Waals surface area contributed by atoms with Gasteiger partial charge in [-0.15, -0.1) is 0 Å². The molecule has 1 aromatic rings. The summed E-state index contributed by atoms with van der Waals surface area (Å²) >= 11 is 0. The molecule has 1 saturated heterocycles. The first-order valence-electron chi connectivity index (χ1n) is 6.53. The highest BCUT2D eigenvalue weighted by atomic mass is 16.5. The largest absolute Gasteiger partial charge is 0.478 e. The number of likely N-dealkylation sites (N-methyl/N-ethyl adjacent to an activating group) is 1. The molecular weight excluding hydrogens is 244 g/mol. The van der Waals surface area contributed by atoms with Crippen molar-refractivity contribution >= 4 is 11.8 Å². The van der Waals surface area contributed by atoms with Crippen LogP contribution in [0.25, 0.3) is 0 Å². The minimum atomic E-state index is -0.931. The van der Waals surface area contributed by atoms with Crippen molar-refractivity contribution in [3.63, 3.8) is 0 Å². The van der Waals surface area contributed by atoms with Crippen molar-refractivity contribution in [3.8, 4) is 0 Å². The summed E-state index contributed by atoms with van der Waals surface area (Å²) in [5.74, 6) is -0.403. The van der Waals surface area contributed by atoms with E-state index in [0.717, 1.165) is 30.7 Å². The van der Waals surface area contributed by atoms with Crippen LogP contribution in [-0.4, -0.2) is 42.4 Å². The summed E-state index contributed by atoms with van der Waals surface area (Å²) in [4.78, 5) is 17.7. The van der Waals surface area contributed by atoms with Crippen LogP contribution in [0.15, 0.2) is 6.07 Å². The van der Waals surface area contributed by atoms with Crippen molar-refractivity contribution in [2.75, 3.05) is 25.1 Å². The lowest BCUT2D eigenvalue weighted by Crippen LogP contribution is -2.31. The molecule has 0 bridgehead atoms. The highest BCUT2D eigenvalue weighted by molar-refractivity contribution is 5.95. The van der Waals surface area contributed by atoms with Crippen LogP contribution < -0.4 is 4.90 Å². The number of aromatic nitrogens is 1. The number of carbonyl (C=O) groups is 1. The van der Waals surface area contributed by atoms with Crippen LogP contribution in [0, 0.1) is 13.8 Å². The smallest absolute Gasteiger partial charge is 0.339 e. The third-order valence-corrected chi connectivity index (χ3v) is 3.40. The number of carboxylic acid groups (broad SMARTS) is 1. The van der Waals surface area contributed by atoms with Crippen molar-refractivity contribution in [2.45, 2.75) is 32.8 Å². The highest BCUT2D eigenvalue weighted by Crippen LogP contribution is 2.23. The van der Waals surface area contributed by atoms with E-state index in [1.165, 1.54) is 0 Å². The van der Waals surface area contributed by atoms with E-state index in [2.05, 4.69) is 4.98 Å². The third-order valence-electron chi connectivity index (χ3n) is 3.40. The van der Waals surface area contributed by atoms with Crippen LogP contribution >= 0.6 is 0 Å². The molecule has 1 aliphatic heterocycles. The molecular formula is C14H20N2O3. The van der Waals surface area contributed by atoms with Crippen LogP contribution in [0.2, 0.25) is 0 Å². The molecule has 0 aliphatic carbocycles. The third kappa shape index (κ3) is 3.04. The van der Waals surface area contributed by atoms with E-state index in [1.807, 2.05) is 25.8 Å². The Morgan fingerprint density at radius 2 is 2.32 bits per heavy atom. The fraction of sp³-hybridized carbons (Fsp3) is 0.571. The van der Waals surface area contributed by atoms with Gasteiger partial charge in [-0.05, 0) is 38.3 Å². The first-order valence-corrected chi connectivity index (χ1v) is 6.53. The molecule has 1 N–H and O–H groups in total. The highest BCUT2D eigenvalue weighted by Gasteiger charge is 2.23. The number of rotatable bonds is 4. The molecule has 0 amide bonds. The zero-order valence-corrected chi connectivity index (χ0v) is 11.6. The monoisotopic (exact) mass is 264 g/mol. The van der Waals surface area contributed by atoms with Crippen molar-refractivity contribution in [1.29, 1.82) is 0 Å². The maximum Gasteiger partial charge on any atom is 0.339 e. The van der Waals surface area contributed by atoms with Crippen molar-refractivity contribution in [1.82, 2.24) is 4.98 Å². The van der Waals surface area contributed by atoms with E-state index in [9.17, 15) is 9.90 Å². The Morgan fingerprint density at radius 1 is 1.58 bits per heavy atom. The molecule has 2 heterocycles. The number of hydrogen-bond acceptors (Lipinski definition) is 4. The Morgan fingerprint density at radius 3 is 2.89 bits per heavy atom. The lowest BCUT2D eigenvalue weighted by Gasteiger charge is -2.24. The first-order chi connectivity index (χ1) is 8.99. The van der Waals surface area contributed by atoms with Crippen molar-refractivity contribution < 1.29 is 14.6 Å². The number of anilines is 1. The predicted octanol–water partition coefficient (Wildman–Crippen LogP) is 2.01. The summed E-state index contributed by atoms with van der Waals surface area (Å²) in [6, 6.07) is 1.80. The molecule has 1 unspecified atom stereocenters. The van der Waals surface area contributed by atoms with Gasteiger partial charge in [-0.3, -0.25) is 0 Å². The molecule has 0 aromatic carbocycles. The molecule has 1 atom stereocenters. The van der Waals surface area contributed by atoms with Crippen molar-refractivity contribution in [2.24, 2.45) is 0 Å². The average Bonchev–Trinajstić information content (AvgIpc) is 2.79. The van der Waals surface area contributed by atoms with Crippen LogP contribution in [0.1, 0.15) is 34.5 Å². The second kappa shape index (κ2) is 5.57. The predicted molar refractivity (Wildman–Crippen MR) is 72.9 cm³/mol. The van der Waals surface area contributed by atoms with E-state index < -0.39 is 5.97 Å². The minimum absolute atomic E-state index is 0.175. The van der Waals surface area contributed by atoms with E-state index in [-0.39, 0.29) is 11.7 Å². The summed E-state index contributed by atoms with van der Waals surface area (Å²) < 4.78 is 5.59. The van der Waals surface area contributed by atoms with Crippen molar-refractivity contribution in [3.05, 3.63) is 22.9 Å². The molecule has 1 aliphatic rings. The van der Waals surface area contributed by atoms with Crippen LogP contribution in [0.5, 0.6) is 0 Å². The molecule has 0 radical (unpaired) electrons. The molecule has 1 fully saturated rings. The normalized spacial score (nSPS) is 18.6. The Hall–Kier alpha value is -1.62. The van der Waals surface area contributed by atoms with Gasteiger partial charge in [0.1, 0.15) is 11.4 Å². The zero-order valence-electron chi connectivity index (χ0n) is 11.6. The number of pyridine rings is 1. The quantitative estimate of drug-likeness (QED) is 0.901. The SMILES string of the molecule is Cc1cc(C)c(C(=O)O)c(N(C)CC2CCCO2)n1. The van der Waals surface area contributed by atoms with Gasteiger partial charge in [0.15, 0.2) is 0 Å². The maximum absolute atomic E-state index is 11.4. The maximum atomic E-state index is 11.4. The second-order valence-corrected chi connectivity index (χ2v) is 5.10. The number of aryl methyl sites for hydroxylation is 2. The van der Waals surface area contributed by atoms with Crippen LogP contribution in [0.3, 0.4) is 0 Å². The summed E-state index contributed by atoms with van der Waals surface area (Å²) in [7, 11) is 1.87. The molecule has 2 rings (SSSR count). The lowest BCUT2D eigenvalue weighted by atomic mass is 10.1.